The zero-order valence-electron chi connectivity index (χ0n) is 9.17. The molecule has 0 rings (SSSR count). The number of nitrogens with zero attached hydrogens (tertiary/aromatic N) is 3. The van der Waals surface area contributed by atoms with Crippen LogP contribution in [0.25, 0.3) is 0 Å². The van der Waals surface area contributed by atoms with Crippen LogP contribution in [0.3, 0.4) is 0 Å². The zero-order valence-corrected chi connectivity index (χ0v) is 9.17. The molecule has 0 saturated heterocycles. The minimum atomic E-state index is 1.04. The molecule has 0 N–H and O–H groups in total. The maximum absolute atomic E-state index is 2.31. The molecule has 0 unspecified atom stereocenters. The molecule has 0 aliphatic rings. The summed E-state index contributed by atoms with van der Waals surface area (Å²) in [7, 11) is 6.43. The Morgan fingerprint density at radius 2 is 1.00 bits per heavy atom. The molecule has 0 bridgehead atoms. The summed E-state index contributed by atoms with van der Waals surface area (Å²) in [5.74, 6) is 0. The first-order chi connectivity index (χ1) is 5.60. The van der Waals surface area contributed by atoms with Gasteiger partial charge in [-0.25, -0.2) is 0 Å². The van der Waals surface area contributed by atoms with E-state index in [0.29, 0.717) is 0 Å². The molecular formula is C9H23N3. The Bertz CT molecular complexity index is 93.9. The van der Waals surface area contributed by atoms with Crippen molar-refractivity contribution in [2.75, 3.05) is 47.6 Å². The second-order valence-corrected chi connectivity index (χ2v) is 3.48. The Hall–Kier alpha value is -0.120. The van der Waals surface area contributed by atoms with E-state index in [0.717, 1.165) is 26.4 Å². The number of rotatable bonds is 6. The van der Waals surface area contributed by atoms with Crippen LogP contribution in [0.15, 0.2) is 0 Å². The van der Waals surface area contributed by atoms with Crippen molar-refractivity contribution in [3.05, 3.63) is 0 Å². The molecule has 0 atom stereocenters. The Morgan fingerprint density at radius 3 is 1.25 bits per heavy atom. The van der Waals surface area contributed by atoms with Gasteiger partial charge in [-0.1, -0.05) is 13.8 Å². The van der Waals surface area contributed by atoms with Crippen molar-refractivity contribution in [2.45, 2.75) is 13.8 Å². The van der Waals surface area contributed by atoms with Gasteiger partial charge < -0.3 is 0 Å². The largest absolute Gasteiger partial charge is 0.294 e. The van der Waals surface area contributed by atoms with E-state index in [4.69, 9.17) is 0 Å². The van der Waals surface area contributed by atoms with Gasteiger partial charge in [-0.15, -0.1) is 0 Å². The van der Waals surface area contributed by atoms with Crippen LogP contribution in [0.4, 0.5) is 0 Å². The summed E-state index contributed by atoms with van der Waals surface area (Å²) < 4.78 is 0. The van der Waals surface area contributed by atoms with E-state index in [2.05, 4.69) is 49.7 Å². The average molecular weight is 173 g/mol. The van der Waals surface area contributed by atoms with Crippen LogP contribution in [0.2, 0.25) is 0 Å². The van der Waals surface area contributed by atoms with Gasteiger partial charge in [-0.05, 0) is 34.2 Å². The Kier molecular flexibility index (Phi) is 6.34. The fourth-order valence-electron chi connectivity index (χ4n) is 1.07. The molecule has 0 radical (unpaired) electrons. The molecule has 0 aromatic carbocycles. The predicted molar refractivity (Wildman–Crippen MR) is 54.1 cm³/mol. The Morgan fingerprint density at radius 1 is 0.667 bits per heavy atom. The highest BCUT2D eigenvalue weighted by Gasteiger charge is 2.02. The van der Waals surface area contributed by atoms with Gasteiger partial charge in [-0.3, -0.25) is 14.7 Å². The lowest BCUT2D eigenvalue weighted by atomic mass is 10.6. The molecule has 12 heavy (non-hydrogen) atoms. The van der Waals surface area contributed by atoms with Crippen molar-refractivity contribution in [3.63, 3.8) is 0 Å². The van der Waals surface area contributed by atoms with Gasteiger partial charge in [0.25, 0.3) is 0 Å². The molecule has 0 aliphatic heterocycles. The Balaban J connectivity index is 3.51. The van der Waals surface area contributed by atoms with Crippen molar-refractivity contribution < 1.29 is 0 Å². The topological polar surface area (TPSA) is 9.72 Å². The average Bonchev–Trinajstić information content (AvgIpc) is 2.03. The quantitative estimate of drug-likeness (QED) is 0.548. The van der Waals surface area contributed by atoms with Gasteiger partial charge in [0.15, 0.2) is 0 Å². The summed E-state index contributed by atoms with van der Waals surface area (Å²) in [5.41, 5.74) is 0. The van der Waals surface area contributed by atoms with Gasteiger partial charge >= 0.3 is 0 Å². The van der Waals surface area contributed by atoms with Crippen LogP contribution in [0, 0.1) is 0 Å². The molecule has 3 heteroatoms. The second kappa shape index (κ2) is 6.40. The summed E-state index contributed by atoms with van der Waals surface area (Å²) in [4.78, 5) is 6.90. The van der Waals surface area contributed by atoms with Gasteiger partial charge in [0.1, 0.15) is 0 Å². The van der Waals surface area contributed by atoms with E-state index in [9.17, 15) is 0 Å². The van der Waals surface area contributed by atoms with E-state index in [1.165, 1.54) is 0 Å². The van der Waals surface area contributed by atoms with Crippen LogP contribution < -0.4 is 0 Å². The molecule has 0 heterocycles. The predicted octanol–water partition coefficient (Wildman–Crippen LogP) is 0.737. The third-order valence-electron chi connectivity index (χ3n) is 2.05. The molecule has 0 aromatic heterocycles. The molecule has 0 aromatic rings. The summed E-state index contributed by atoms with van der Waals surface area (Å²) in [6.45, 7) is 8.66. The first-order valence-corrected chi connectivity index (χ1v) is 4.65. The van der Waals surface area contributed by atoms with Crippen LogP contribution in [-0.4, -0.2) is 62.3 Å². The highest BCUT2D eigenvalue weighted by atomic mass is 15.4. The van der Waals surface area contributed by atoms with E-state index < -0.39 is 0 Å². The number of hydrogen-bond acceptors (Lipinski definition) is 3. The molecule has 0 aliphatic carbocycles. The Labute approximate surface area is 76.9 Å². The SMILES string of the molecule is CCN(C)CN(C)CN(C)CC. The smallest absolute Gasteiger partial charge is 0.0512 e. The zero-order chi connectivity index (χ0) is 9.56. The van der Waals surface area contributed by atoms with Crippen molar-refractivity contribution in [1.29, 1.82) is 0 Å². The van der Waals surface area contributed by atoms with Crippen LogP contribution in [-0.2, 0) is 0 Å². The van der Waals surface area contributed by atoms with Crippen molar-refractivity contribution in [1.82, 2.24) is 14.7 Å². The van der Waals surface area contributed by atoms with Crippen LogP contribution >= 0.6 is 0 Å². The maximum Gasteiger partial charge on any atom is 0.0512 e. The van der Waals surface area contributed by atoms with Gasteiger partial charge in [0, 0.05) is 0 Å². The van der Waals surface area contributed by atoms with Crippen molar-refractivity contribution in [3.8, 4) is 0 Å². The number of hydrogen-bond donors (Lipinski definition) is 0. The summed E-state index contributed by atoms with van der Waals surface area (Å²) in [6.07, 6.45) is 0. The van der Waals surface area contributed by atoms with E-state index in [1.807, 2.05) is 0 Å². The molecule has 0 amide bonds. The molecular weight excluding hydrogens is 150 g/mol. The van der Waals surface area contributed by atoms with Crippen LogP contribution in [0.1, 0.15) is 13.8 Å². The molecule has 0 fully saturated rings. The molecule has 3 nitrogen and oxygen atoms in total. The second-order valence-electron chi connectivity index (χ2n) is 3.48. The van der Waals surface area contributed by atoms with Crippen LogP contribution in [0.5, 0.6) is 0 Å². The van der Waals surface area contributed by atoms with Crippen molar-refractivity contribution >= 4 is 0 Å². The van der Waals surface area contributed by atoms with Gasteiger partial charge in [0.05, 0.1) is 13.3 Å². The summed E-state index contributed by atoms with van der Waals surface area (Å²) in [5, 5.41) is 0. The monoisotopic (exact) mass is 173 g/mol. The molecule has 0 spiro atoms. The standard InChI is InChI=1S/C9H23N3/c1-6-10(3)8-12(5)9-11(4)7-2/h6-9H2,1-5H3. The first-order valence-electron chi connectivity index (χ1n) is 4.65. The third-order valence-corrected chi connectivity index (χ3v) is 2.05. The fraction of sp³-hybridized carbons (Fsp3) is 1.00. The normalized spacial score (nSPS) is 12.0. The minimum Gasteiger partial charge on any atom is -0.294 e. The summed E-state index contributed by atoms with van der Waals surface area (Å²) >= 11 is 0. The lowest BCUT2D eigenvalue weighted by Gasteiger charge is -2.27. The van der Waals surface area contributed by atoms with E-state index in [-0.39, 0.29) is 0 Å². The van der Waals surface area contributed by atoms with Gasteiger partial charge in [0.2, 0.25) is 0 Å². The van der Waals surface area contributed by atoms with E-state index >= 15 is 0 Å². The van der Waals surface area contributed by atoms with Crippen molar-refractivity contribution in [2.24, 2.45) is 0 Å². The lowest BCUT2D eigenvalue weighted by molar-refractivity contribution is 0.124. The summed E-state index contributed by atoms with van der Waals surface area (Å²) in [6, 6.07) is 0. The van der Waals surface area contributed by atoms with E-state index in [1.54, 1.807) is 0 Å². The third kappa shape index (κ3) is 5.52. The highest BCUT2D eigenvalue weighted by molar-refractivity contribution is 4.50. The first kappa shape index (κ1) is 11.9. The lowest BCUT2D eigenvalue weighted by Crippen LogP contribution is -2.39. The van der Waals surface area contributed by atoms with Gasteiger partial charge in [-0.2, -0.15) is 0 Å². The molecule has 74 valence electrons. The highest BCUT2D eigenvalue weighted by Crippen LogP contribution is 1.90. The maximum atomic E-state index is 2.31. The molecule has 0 saturated carbocycles. The minimum absolute atomic E-state index is 1.04. The fourth-order valence-corrected chi connectivity index (χ4v) is 1.07.